The number of carboxylic acid groups (broad SMARTS) is 1. The summed E-state index contributed by atoms with van der Waals surface area (Å²) in [5.41, 5.74) is 0.121. The number of hydrogen-bond acceptors (Lipinski definition) is 7. The smallest absolute Gasteiger partial charge is 0.139 e. The first-order valence-corrected chi connectivity index (χ1v) is 5.21. The van der Waals surface area contributed by atoms with Crippen LogP contribution in [-0.4, -0.2) is 33.0 Å². The van der Waals surface area contributed by atoms with Gasteiger partial charge >= 0.3 is 0 Å². The molecule has 0 spiro atoms. The van der Waals surface area contributed by atoms with Crippen molar-refractivity contribution < 1.29 is 20.1 Å². The Kier molecular flexibility index (Phi) is 3.87. The van der Waals surface area contributed by atoms with E-state index in [0.29, 0.717) is 0 Å². The number of aliphatic hydroxyl groups is 2. The van der Waals surface area contributed by atoms with E-state index >= 15 is 0 Å². The number of carbonyl (C=O) groups is 1. The van der Waals surface area contributed by atoms with Gasteiger partial charge in [-0.1, -0.05) is 0 Å². The van der Waals surface area contributed by atoms with Crippen LogP contribution in [-0.2, 0) is 0 Å². The van der Waals surface area contributed by atoms with Crippen LogP contribution in [0.3, 0.4) is 0 Å². The van der Waals surface area contributed by atoms with Gasteiger partial charge in [-0.25, -0.2) is 4.98 Å². The SMILES string of the molecule is O=C([O-])c1nc(C(O)C(O)CS)cs1. The molecule has 0 amide bonds. The van der Waals surface area contributed by atoms with E-state index in [2.05, 4.69) is 17.6 Å². The first kappa shape index (κ1) is 11.4. The summed E-state index contributed by atoms with van der Waals surface area (Å²) < 4.78 is 0. The summed E-state index contributed by atoms with van der Waals surface area (Å²) in [6.07, 6.45) is -2.27. The van der Waals surface area contributed by atoms with E-state index < -0.39 is 18.2 Å². The van der Waals surface area contributed by atoms with Gasteiger partial charge in [-0.3, -0.25) is 0 Å². The summed E-state index contributed by atoms with van der Waals surface area (Å²) in [5.74, 6) is -1.33. The fraction of sp³-hybridized carbons (Fsp3) is 0.429. The number of thiazole rings is 1. The van der Waals surface area contributed by atoms with Gasteiger partial charge in [-0.2, -0.15) is 12.6 Å². The Hall–Kier alpha value is -0.630. The number of rotatable bonds is 4. The first-order valence-electron chi connectivity index (χ1n) is 3.70. The Morgan fingerprint density at radius 1 is 1.71 bits per heavy atom. The molecule has 2 unspecified atom stereocenters. The number of thiol groups is 1. The van der Waals surface area contributed by atoms with Crippen molar-refractivity contribution in [2.45, 2.75) is 12.2 Å². The predicted octanol–water partition coefficient (Wildman–Crippen LogP) is -1.17. The average molecular weight is 234 g/mol. The van der Waals surface area contributed by atoms with Crippen LogP contribution in [0.5, 0.6) is 0 Å². The summed E-state index contributed by atoms with van der Waals surface area (Å²) in [7, 11) is 0. The molecule has 0 saturated heterocycles. The van der Waals surface area contributed by atoms with Crippen molar-refractivity contribution in [1.82, 2.24) is 4.98 Å². The molecule has 1 aromatic rings. The molecule has 2 atom stereocenters. The van der Waals surface area contributed by atoms with E-state index in [0.717, 1.165) is 11.3 Å². The maximum atomic E-state index is 10.4. The number of aliphatic hydroxyl groups excluding tert-OH is 2. The van der Waals surface area contributed by atoms with Crippen molar-refractivity contribution in [2.75, 3.05) is 5.75 Å². The summed E-state index contributed by atoms with van der Waals surface area (Å²) in [4.78, 5) is 13.9. The zero-order chi connectivity index (χ0) is 10.7. The van der Waals surface area contributed by atoms with Crippen LogP contribution in [0.15, 0.2) is 5.38 Å². The van der Waals surface area contributed by atoms with Crippen molar-refractivity contribution in [2.24, 2.45) is 0 Å². The second-order valence-electron chi connectivity index (χ2n) is 2.56. The normalized spacial score (nSPS) is 15.1. The second kappa shape index (κ2) is 4.74. The zero-order valence-corrected chi connectivity index (χ0v) is 8.66. The van der Waals surface area contributed by atoms with Gasteiger partial charge in [0.05, 0.1) is 11.8 Å². The average Bonchev–Trinajstić information content (AvgIpc) is 2.64. The fourth-order valence-electron chi connectivity index (χ4n) is 0.813. The quantitative estimate of drug-likeness (QED) is 0.571. The third-order valence-electron chi connectivity index (χ3n) is 1.55. The molecule has 1 aromatic heterocycles. The number of nitrogens with zero attached hydrogens (tertiary/aromatic N) is 1. The molecule has 1 heterocycles. The van der Waals surface area contributed by atoms with Crippen LogP contribution in [0.2, 0.25) is 0 Å². The van der Waals surface area contributed by atoms with Gasteiger partial charge in [-0.05, 0) is 0 Å². The lowest BCUT2D eigenvalue weighted by atomic mass is 10.2. The highest BCUT2D eigenvalue weighted by Gasteiger charge is 2.19. The Morgan fingerprint density at radius 3 is 2.79 bits per heavy atom. The topological polar surface area (TPSA) is 93.5 Å². The van der Waals surface area contributed by atoms with Crippen LogP contribution in [0.4, 0.5) is 0 Å². The summed E-state index contributed by atoms with van der Waals surface area (Å²) in [6.45, 7) is 0. The van der Waals surface area contributed by atoms with Crippen LogP contribution < -0.4 is 5.11 Å². The lowest BCUT2D eigenvalue weighted by Gasteiger charge is -2.12. The van der Waals surface area contributed by atoms with Crippen molar-refractivity contribution in [3.63, 3.8) is 0 Å². The Morgan fingerprint density at radius 2 is 2.36 bits per heavy atom. The molecule has 0 fully saturated rings. The molecule has 0 saturated carbocycles. The van der Waals surface area contributed by atoms with E-state index in [1.165, 1.54) is 5.38 Å². The van der Waals surface area contributed by atoms with Gasteiger partial charge in [0.1, 0.15) is 17.1 Å². The number of hydrogen-bond donors (Lipinski definition) is 3. The largest absolute Gasteiger partial charge is 0.542 e. The second-order valence-corrected chi connectivity index (χ2v) is 3.78. The maximum Gasteiger partial charge on any atom is 0.139 e. The van der Waals surface area contributed by atoms with Crippen LogP contribution in [0, 0.1) is 0 Å². The molecule has 7 heteroatoms. The van der Waals surface area contributed by atoms with Gasteiger partial charge in [0.2, 0.25) is 0 Å². The molecule has 14 heavy (non-hydrogen) atoms. The molecule has 2 N–H and O–H groups in total. The lowest BCUT2D eigenvalue weighted by Crippen LogP contribution is -2.23. The third-order valence-corrected chi connectivity index (χ3v) is 2.77. The van der Waals surface area contributed by atoms with Crippen molar-refractivity contribution in [3.8, 4) is 0 Å². The predicted molar refractivity (Wildman–Crippen MR) is 51.3 cm³/mol. The highest BCUT2D eigenvalue weighted by molar-refractivity contribution is 7.80. The monoisotopic (exact) mass is 234 g/mol. The van der Waals surface area contributed by atoms with E-state index in [1.54, 1.807) is 0 Å². The molecular formula is C7H8NO4S2-. The highest BCUT2D eigenvalue weighted by atomic mass is 32.1. The fourth-order valence-corrected chi connectivity index (χ4v) is 1.69. The summed E-state index contributed by atoms with van der Waals surface area (Å²) >= 11 is 4.63. The summed E-state index contributed by atoms with van der Waals surface area (Å²) in [5, 5.41) is 30.1. The van der Waals surface area contributed by atoms with Gasteiger partial charge < -0.3 is 20.1 Å². The molecule has 78 valence electrons. The van der Waals surface area contributed by atoms with Crippen LogP contribution in [0.25, 0.3) is 0 Å². The first-order chi connectivity index (χ1) is 6.56. The standard InChI is InChI=1S/C7H9NO4S2/c9-4(1-13)5(10)3-2-14-6(8-3)7(11)12/h2,4-5,9-10,13H,1H2,(H,11,12)/p-1. The van der Waals surface area contributed by atoms with Crippen LogP contribution >= 0.6 is 24.0 Å². The lowest BCUT2D eigenvalue weighted by molar-refractivity contribution is -0.255. The summed E-state index contributed by atoms with van der Waals surface area (Å²) in [6, 6.07) is 0. The number of aromatic nitrogens is 1. The molecule has 0 aliphatic heterocycles. The third kappa shape index (κ3) is 2.44. The van der Waals surface area contributed by atoms with Crippen LogP contribution in [0.1, 0.15) is 21.6 Å². The molecule has 0 radical (unpaired) electrons. The van der Waals surface area contributed by atoms with Gasteiger partial charge in [0.25, 0.3) is 0 Å². The number of carboxylic acids is 1. The van der Waals surface area contributed by atoms with E-state index in [-0.39, 0.29) is 16.5 Å². The van der Waals surface area contributed by atoms with Crippen molar-refractivity contribution in [3.05, 3.63) is 16.1 Å². The molecule has 1 rings (SSSR count). The molecular weight excluding hydrogens is 226 g/mol. The van der Waals surface area contributed by atoms with E-state index in [1.807, 2.05) is 0 Å². The number of carbonyl (C=O) groups excluding carboxylic acids is 1. The Bertz CT molecular complexity index is 327. The minimum Gasteiger partial charge on any atom is -0.542 e. The maximum absolute atomic E-state index is 10.4. The molecule has 0 bridgehead atoms. The number of aromatic carboxylic acids is 1. The minimum absolute atomic E-state index is 0.0688. The van der Waals surface area contributed by atoms with Crippen molar-refractivity contribution in [1.29, 1.82) is 0 Å². The Balaban J connectivity index is 2.81. The molecule has 0 aliphatic carbocycles. The molecule has 0 aliphatic rings. The van der Waals surface area contributed by atoms with Gasteiger partial charge in [0.15, 0.2) is 0 Å². The van der Waals surface area contributed by atoms with E-state index in [4.69, 9.17) is 0 Å². The van der Waals surface area contributed by atoms with Gasteiger partial charge in [-0.15, -0.1) is 11.3 Å². The highest BCUT2D eigenvalue weighted by Crippen LogP contribution is 2.19. The molecule has 0 aromatic carbocycles. The zero-order valence-electron chi connectivity index (χ0n) is 6.95. The van der Waals surface area contributed by atoms with E-state index in [9.17, 15) is 20.1 Å². The Labute approximate surface area is 89.5 Å². The van der Waals surface area contributed by atoms with Crippen molar-refractivity contribution >= 4 is 29.9 Å². The molecule has 5 nitrogen and oxygen atoms in total. The minimum atomic E-state index is -1.39. The van der Waals surface area contributed by atoms with Gasteiger partial charge in [0, 0.05) is 11.1 Å².